The van der Waals surface area contributed by atoms with Crippen LogP contribution in [-0.4, -0.2) is 37.4 Å². The topological polar surface area (TPSA) is 62.1 Å². The summed E-state index contributed by atoms with van der Waals surface area (Å²) in [5, 5.41) is 10.9. The number of carbonyl (C=O) groups is 1. The number of aliphatic imine (C=N–C) groups is 1. The van der Waals surface area contributed by atoms with E-state index in [1.54, 1.807) is 13.3 Å². The van der Waals surface area contributed by atoms with Gasteiger partial charge in [-0.05, 0) is 23.8 Å². The average Bonchev–Trinajstić information content (AvgIpc) is 3.28. The van der Waals surface area contributed by atoms with Gasteiger partial charge < -0.3 is 14.7 Å². The van der Waals surface area contributed by atoms with Crippen molar-refractivity contribution in [2.24, 2.45) is 4.99 Å². The first-order valence-corrected chi connectivity index (χ1v) is 10.4. The Bertz CT molecular complexity index is 1230. The number of fused-ring (bicyclic) bond motifs is 2. The number of hydrogen-bond donors (Lipinski definition) is 1. The number of hydrogen-bond acceptors (Lipinski definition) is 5. The number of aliphatic hydroxyl groups is 1. The molecule has 5 rings (SSSR count). The van der Waals surface area contributed by atoms with E-state index in [2.05, 4.69) is 35.9 Å². The molecule has 0 amide bonds. The van der Waals surface area contributed by atoms with Gasteiger partial charge in [0, 0.05) is 47.8 Å². The van der Waals surface area contributed by atoms with Crippen molar-refractivity contribution >= 4 is 28.9 Å². The number of nitrogens with zero attached hydrogens (tertiary/aromatic N) is 2. The van der Waals surface area contributed by atoms with Gasteiger partial charge in [-0.25, -0.2) is 0 Å². The number of methoxy groups -OCH3 is 1. The van der Waals surface area contributed by atoms with Gasteiger partial charge in [-0.15, -0.1) is 0 Å². The molecule has 3 aliphatic rings. The molecule has 1 N–H and O–H groups in total. The summed E-state index contributed by atoms with van der Waals surface area (Å²) in [4.78, 5) is 19.7. The van der Waals surface area contributed by atoms with Gasteiger partial charge in [-0.2, -0.15) is 0 Å². The van der Waals surface area contributed by atoms with Gasteiger partial charge in [-0.1, -0.05) is 50.2 Å². The molecule has 0 fully saturated rings. The van der Waals surface area contributed by atoms with E-state index in [9.17, 15) is 9.90 Å². The highest BCUT2D eigenvalue weighted by atomic mass is 16.5. The minimum atomic E-state index is -0.303. The number of ketones is 1. The van der Waals surface area contributed by atoms with Crippen molar-refractivity contribution in [3.63, 3.8) is 0 Å². The molecule has 31 heavy (non-hydrogen) atoms. The summed E-state index contributed by atoms with van der Waals surface area (Å²) < 4.78 is 5.32. The summed E-state index contributed by atoms with van der Waals surface area (Å²) in [5.41, 5.74) is 6.04. The molecule has 0 bridgehead atoms. The van der Waals surface area contributed by atoms with Crippen LogP contribution in [0.1, 0.15) is 25.0 Å². The zero-order chi connectivity index (χ0) is 21.8. The number of Topliss-reactive ketones (excluding diaryl/α,β-unsaturated/α-hetero) is 1. The van der Waals surface area contributed by atoms with Crippen molar-refractivity contribution in [1.29, 1.82) is 0 Å². The van der Waals surface area contributed by atoms with Crippen molar-refractivity contribution in [2.75, 3.05) is 25.2 Å². The molecule has 2 aromatic carbocycles. The Morgan fingerprint density at radius 3 is 2.65 bits per heavy atom. The summed E-state index contributed by atoms with van der Waals surface area (Å²) in [6.45, 7) is 5.51. The monoisotopic (exact) mass is 412 g/mol. The molecule has 1 aliphatic carbocycles. The zero-order valence-corrected chi connectivity index (χ0v) is 17.8. The van der Waals surface area contributed by atoms with Crippen molar-refractivity contribution in [3.8, 4) is 0 Å². The molecule has 0 atom stereocenters. The number of carbonyl (C=O) groups excluding carboxylic acids is 1. The second-order valence-electron chi connectivity index (χ2n) is 8.47. The van der Waals surface area contributed by atoms with Gasteiger partial charge in [0.25, 0.3) is 0 Å². The van der Waals surface area contributed by atoms with Crippen molar-refractivity contribution < 1.29 is 14.6 Å². The fraction of sp³-hybridized carbons (Fsp3) is 0.231. The zero-order valence-electron chi connectivity index (χ0n) is 17.8. The predicted octanol–water partition coefficient (Wildman–Crippen LogP) is 4.88. The van der Waals surface area contributed by atoms with Crippen molar-refractivity contribution in [2.45, 2.75) is 19.3 Å². The Labute approximate surface area is 181 Å². The second-order valence-corrected chi connectivity index (χ2v) is 8.47. The molecule has 0 saturated heterocycles. The van der Waals surface area contributed by atoms with E-state index in [1.807, 2.05) is 42.5 Å². The van der Waals surface area contributed by atoms with Gasteiger partial charge >= 0.3 is 0 Å². The van der Waals surface area contributed by atoms with Crippen LogP contribution < -0.4 is 4.90 Å². The third-order valence-corrected chi connectivity index (χ3v) is 6.36. The smallest absolute Gasteiger partial charge is 0.201 e. The standard InChI is InChI=1S/C26H24N2O3/c1-26(2)19-9-5-7-11-21(19)28(12-13-31-3)22(26)14-17-24(29)23(25(17)30)18-15-27-20-10-6-4-8-16(18)20/h4-11,14-15,29H,12-13H2,1-3H3. The molecule has 0 unspecified atom stereocenters. The number of aliphatic hydroxyl groups excluding tert-OH is 1. The third kappa shape index (κ3) is 2.81. The molecule has 2 aromatic rings. The summed E-state index contributed by atoms with van der Waals surface area (Å²) in [5.74, 6) is -0.115. The van der Waals surface area contributed by atoms with Crippen LogP contribution in [0, 0.1) is 0 Å². The van der Waals surface area contributed by atoms with Crippen LogP contribution in [-0.2, 0) is 14.9 Å². The van der Waals surface area contributed by atoms with Gasteiger partial charge in [0.15, 0.2) is 0 Å². The highest BCUT2D eigenvalue weighted by Crippen LogP contribution is 2.49. The maximum atomic E-state index is 13.1. The van der Waals surface area contributed by atoms with Gasteiger partial charge in [0.1, 0.15) is 5.76 Å². The summed E-state index contributed by atoms with van der Waals surface area (Å²) in [6, 6.07) is 15.9. The quantitative estimate of drug-likeness (QED) is 0.727. The molecule has 5 nitrogen and oxygen atoms in total. The lowest BCUT2D eigenvalue weighted by atomic mass is 9.79. The van der Waals surface area contributed by atoms with Crippen LogP contribution in [0.2, 0.25) is 0 Å². The second kappa shape index (κ2) is 7.06. The fourth-order valence-corrected chi connectivity index (χ4v) is 4.68. The normalized spacial score (nSPS) is 22.2. The van der Waals surface area contributed by atoms with E-state index < -0.39 is 0 Å². The van der Waals surface area contributed by atoms with Crippen LogP contribution >= 0.6 is 0 Å². The maximum Gasteiger partial charge on any atom is 0.201 e. The first kappa shape index (κ1) is 19.5. The third-order valence-electron chi connectivity index (χ3n) is 6.36. The van der Waals surface area contributed by atoms with Crippen LogP contribution in [0.4, 0.5) is 11.4 Å². The molecule has 156 valence electrons. The molecule has 0 radical (unpaired) electrons. The number of allylic oxidation sites excluding steroid dienone is 5. The lowest BCUT2D eigenvalue weighted by molar-refractivity contribution is -0.113. The number of benzene rings is 2. The minimum Gasteiger partial charge on any atom is -0.506 e. The SMILES string of the molecule is COCCN1C(=CC2=C(O)C(=C3C=Nc4ccccc43)C2=O)C(C)(C)c2ccccc21. The Morgan fingerprint density at radius 1 is 1.13 bits per heavy atom. The van der Waals surface area contributed by atoms with Crippen LogP contribution in [0.25, 0.3) is 5.57 Å². The Hall–Kier alpha value is -3.44. The highest BCUT2D eigenvalue weighted by Gasteiger charge is 2.43. The molecule has 0 aromatic heterocycles. The molecule has 0 saturated carbocycles. The first-order valence-electron chi connectivity index (χ1n) is 10.4. The first-order chi connectivity index (χ1) is 14.9. The van der Waals surface area contributed by atoms with Crippen LogP contribution in [0.5, 0.6) is 0 Å². The fourth-order valence-electron chi connectivity index (χ4n) is 4.68. The van der Waals surface area contributed by atoms with Gasteiger partial charge in [0.05, 0.1) is 23.4 Å². The molecule has 2 aliphatic heterocycles. The van der Waals surface area contributed by atoms with E-state index in [0.29, 0.717) is 29.9 Å². The molecular weight excluding hydrogens is 388 g/mol. The Balaban J connectivity index is 1.60. The number of anilines is 1. The largest absolute Gasteiger partial charge is 0.506 e. The lowest BCUT2D eigenvalue weighted by Gasteiger charge is -2.29. The van der Waals surface area contributed by atoms with Crippen LogP contribution in [0.15, 0.2) is 82.2 Å². The molecular formula is C26H24N2O3. The van der Waals surface area contributed by atoms with E-state index in [4.69, 9.17) is 4.74 Å². The Kier molecular flexibility index (Phi) is 4.45. The van der Waals surface area contributed by atoms with Crippen LogP contribution in [0.3, 0.4) is 0 Å². The lowest BCUT2D eigenvalue weighted by Crippen LogP contribution is -2.31. The summed E-state index contributed by atoms with van der Waals surface area (Å²) in [6.07, 6.45) is 3.51. The molecule has 2 heterocycles. The van der Waals surface area contributed by atoms with Gasteiger partial charge in [0.2, 0.25) is 5.78 Å². The summed E-state index contributed by atoms with van der Waals surface area (Å²) >= 11 is 0. The maximum absolute atomic E-state index is 13.1. The molecule has 5 heteroatoms. The van der Waals surface area contributed by atoms with E-state index in [1.165, 1.54) is 5.56 Å². The molecule has 0 spiro atoms. The van der Waals surface area contributed by atoms with Gasteiger partial charge in [-0.3, -0.25) is 9.79 Å². The van der Waals surface area contributed by atoms with Crippen molar-refractivity contribution in [3.05, 3.63) is 88.3 Å². The van der Waals surface area contributed by atoms with E-state index in [-0.39, 0.29) is 17.0 Å². The average molecular weight is 412 g/mol. The van der Waals surface area contributed by atoms with E-state index >= 15 is 0 Å². The highest BCUT2D eigenvalue weighted by molar-refractivity contribution is 6.33. The number of para-hydroxylation sites is 2. The van der Waals surface area contributed by atoms with Crippen molar-refractivity contribution in [1.82, 2.24) is 0 Å². The Morgan fingerprint density at radius 2 is 1.87 bits per heavy atom. The minimum absolute atomic E-state index is 0.0362. The van der Waals surface area contributed by atoms with E-state index in [0.717, 1.165) is 22.6 Å². The number of rotatable bonds is 4. The number of ether oxygens (including phenoxy) is 1. The summed E-state index contributed by atoms with van der Waals surface area (Å²) in [7, 11) is 1.68. The predicted molar refractivity (Wildman–Crippen MR) is 123 cm³/mol.